The van der Waals surface area contributed by atoms with Crippen molar-refractivity contribution in [3.8, 4) is 0 Å². The molecule has 9 heteroatoms. The second kappa shape index (κ2) is 3.44. The van der Waals surface area contributed by atoms with Gasteiger partial charge in [0.1, 0.15) is 0 Å². The van der Waals surface area contributed by atoms with Crippen molar-refractivity contribution in [1.82, 2.24) is 9.80 Å². The first-order valence-electron chi connectivity index (χ1n) is 3.65. The lowest BCUT2D eigenvalue weighted by atomic mass is 10.3. The normalized spacial score (nSPS) is 20.5. The Kier molecular flexibility index (Phi) is 2.47. The van der Waals surface area contributed by atoms with Gasteiger partial charge in [0.25, 0.3) is 0 Å². The van der Waals surface area contributed by atoms with E-state index in [1.165, 1.54) is 0 Å². The Morgan fingerprint density at radius 3 is 1.93 bits per heavy atom. The SMILES string of the molecule is O=C(O)C1CN(C(=O)O)C(=O)N1C(=O)O. The molecule has 1 unspecified atom stereocenters. The van der Waals surface area contributed by atoms with Crippen LogP contribution in [-0.4, -0.2) is 61.9 Å². The molecule has 0 aromatic heterocycles. The van der Waals surface area contributed by atoms with Crippen LogP contribution < -0.4 is 0 Å². The smallest absolute Gasteiger partial charge is 0.416 e. The number of carboxylic acids is 1. The van der Waals surface area contributed by atoms with E-state index in [-0.39, 0.29) is 9.80 Å². The molecule has 1 atom stereocenters. The lowest BCUT2D eigenvalue weighted by Crippen LogP contribution is -2.43. The number of nitrogens with zero attached hydrogens (tertiary/aromatic N) is 2. The van der Waals surface area contributed by atoms with Crippen LogP contribution in [0, 0.1) is 0 Å². The maximum Gasteiger partial charge on any atom is 0.416 e. The van der Waals surface area contributed by atoms with Crippen LogP contribution in [0.3, 0.4) is 0 Å². The van der Waals surface area contributed by atoms with Crippen LogP contribution in [0.25, 0.3) is 0 Å². The van der Waals surface area contributed by atoms with Gasteiger partial charge in [-0.05, 0) is 0 Å². The Morgan fingerprint density at radius 1 is 1.13 bits per heavy atom. The number of urea groups is 1. The molecule has 0 aromatic rings. The highest BCUT2D eigenvalue weighted by molar-refractivity contribution is 6.03. The predicted octanol–water partition coefficient (Wildman–Crippen LogP) is -0.467. The number of hydrogen-bond acceptors (Lipinski definition) is 4. The quantitative estimate of drug-likeness (QED) is 0.541. The molecule has 1 aliphatic heterocycles. The molecule has 15 heavy (non-hydrogen) atoms. The molecule has 1 aliphatic rings. The molecule has 82 valence electrons. The summed E-state index contributed by atoms with van der Waals surface area (Å²) in [7, 11) is 0. The molecule has 1 rings (SSSR count). The summed E-state index contributed by atoms with van der Waals surface area (Å²) in [6, 6.07) is -3.06. The highest BCUT2D eigenvalue weighted by Crippen LogP contribution is 2.16. The summed E-state index contributed by atoms with van der Waals surface area (Å²) in [6.07, 6.45) is -3.48. The van der Waals surface area contributed by atoms with Gasteiger partial charge in [-0.2, -0.15) is 0 Å². The Bertz CT molecular complexity index is 351. The molecular weight excluding hydrogens is 212 g/mol. The van der Waals surface area contributed by atoms with E-state index in [2.05, 4.69) is 0 Å². The van der Waals surface area contributed by atoms with Gasteiger partial charge >= 0.3 is 24.2 Å². The summed E-state index contributed by atoms with van der Waals surface area (Å²) in [5.41, 5.74) is 0. The third kappa shape index (κ3) is 1.66. The number of carboxylic acid groups (broad SMARTS) is 3. The number of hydrogen-bond donors (Lipinski definition) is 3. The molecule has 0 saturated carbocycles. The first-order chi connectivity index (χ1) is 6.86. The van der Waals surface area contributed by atoms with Crippen LogP contribution in [0.1, 0.15) is 0 Å². The van der Waals surface area contributed by atoms with Gasteiger partial charge in [-0.3, -0.25) is 0 Å². The van der Waals surface area contributed by atoms with Crippen LogP contribution in [-0.2, 0) is 4.79 Å². The van der Waals surface area contributed by atoms with Crippen LogP contribution in [0.15, 0.2) is 0 Å². The van der Waals surface area contributed by atoms with Crippen molar-refractivity contribution in [3.05, 3.63) is 0 Å². The molecule has 0 aliphatic carbocycles. The van der Waals surface area contributed by atoms with Gasteiger partial charge in [0.15, 0.2) is 6.04 Å². The van der Waals surface area contributed by atoms with Gasteiger partial charge in [-0.25, -0.2) is 29.0 Å². The van der Waals surface area contributed by atoms with E-state index in [9.17, 15) is 19.2 Å². The van der Waals surface area contributed by atoms with Gasteiger partial charge < -0.3 is 15.3 Å². The van der Waals surface area contributed by atoms with Crippen molar-refractivity contribution >= 4 is 24.2 Å². The molecule has 0 spiro atoms. The number of aliphatic carboxylic acids is 1. The number of carbonyl (C=O) groups is 4. The zero-order chi connectivity index (χ0) is 11.7. The van der Waals surface area contributed by atoms with E-state index >= 15 is 0 Å². The van der Waals surface area contributed by atoms with E-state index < -0.39 is 36.8 Å². The number of imide groups is 2. The fourth-order valence-electron chi connectivity index (χ4n) is 1.16. The van der Waals surface area contributed by atoms with Crippen molar-refractivity contribution in [2.24, 2.45) is 0 Å². The lowest BCUT2D eigenvalue weighted by molar-refractivity contribution is -0.140. The molecule has 0 radical (unpaired) electrons. The maximum absolute atomic E-state index is 11.1. The Labute approximate surface area is 82.1 Å². The summed E-state index contributed by atoms with van der Waals surface area (Å²) in [4.78, 5) is 42.7. The van der Waals surface area contributed by atoms with Crippen molar-refractivity contribution in [2.75, 3.05) is 6.54 Å². The third-order valence-corrected chi connectivity index (χ3v) is 1.83. The van der Waals surface area contributed by atoms with E-state index in [1.54, 1.807) is 0 Å². The average molecular weight is 218 g/mol. The summed E-state index contributed by atoms with van der Waals surface area (Å²) in [6.45, 7) is -0.699. The number of amides is 4. The highest BCUT2D eigenvalue weighted by Gasteiger charge is 2.48. The Morgan fingerprint density at radius 2 is 1.67 bits per heavy atom. The van der Waals surface area contributed by atoms with Gasteiger partial charge in [0, 0.05) is 0 Å². The summed E-state index contributed by atoms with van der Waals surface area (Å²) in [5, 5.41) is 25.6. The minimum absolute atomic E-state index is 0.0313. The van der Waals surface area contributed by atoms with Crippen molar-refractivity contribution in [2.45, 2.75) is 6.04 Å². The minimum Gasteiger partial charge on any atom is -0.480 e. The van der Waals surface area contributed by atoms with E-state index in [1.807, 2.05) is 0 Å². The molecule has 1 heterocycles. The minimum atomic E-state index is -1.80. The monoisotopic (exact) mass is 218 g/mol. The Balaban J connectivity index is 3.02. The Hall–Kier alpha value is -2.32. The van der Waals surface area contributed by atoms with E-state index in [4.69, 9.17) is 15.3 Å². The molecular formula is C6H6N2O7. The zero-order valence-electron chi connectivity index (χ0n) is 7.15. The lowest BCUT2D eigenvalue weighted by Gasteiger charge is -2.12. The van der Waals surface area contributed by atoms with Crippen LogP contribution in [0.2, 0.25) is 0 Å². The predicted molar refractivity (Wildman–Crippen MR) is 41.4 cm³/mol. The summed E-state index contributed by atoms with van der Waals surface area (Å²) >= 11 is 0. The molecule has 9 nitrogen and oxygen atoms in total. The third-order valence-electron chi connectivity index (χ3n) is 1.83. The first-order valence-corrected chi connectivity index (χ1v) is 3.65. The molecule has 4 amide bonds. The van der Waals surface area contributed by atoms with Gasteiger partial charge in [-0.1, -0.05) is 0 Å². The number of rotatable bonds is 1. The molecule has 3 N–H and O–H groups in total. The van der Waals surface area contributed by atoms with Crippen LogP contribution in [0.4, 0.5) is 14.4 Å². The summed E-state index contributed by atoms with van der Waals surface area (Å²) in [5.74, 6) is -1.57. The van der Waals surface area contributed by atoms with Crippen LogP contribution >= 0.6 is 0 Å². The van der Waals surface area contributed by atoms with Crippen molar-refractivity contribution in [1.29, 1.82) is 0 Å². The fraction of sp³-hybridized carbons (Fsp3) is 0.333. The fourth-order valence-corrected chi connectivity index (χ4v) is 1.16. The largest absolute Gasteiger partial charge is 0.480 e. The van der Waals surface area contributed by atoms with Crippen molar-refractivity contribution in [3.63, 3.8) is 0 Å². The summed E-state index contributed by atoms with van der Waals surface area (Å²) < 4.78 is 0. The van der Waals surface area contributed by atoms with Gasteiger partial charge in [0.2, 0.25) is 0 Å². The molecule has 0 aromatic carbocycles. The van der Waals surface area contributed by atoms with Crippen LogP contribution in [0.5, 0.6) is 0 Å². The molecule has 1 saturated heterocycles. The topological polar surface area (TPSA) is 135 Å². The average Bonchev–Trinajstić information content (AvgIpc) is 2.42. The van der Waals surface area contributed by atoms with Gasteiger partial charge in [-0.15, -0.1) is 0 Å². The zero-order valence-corrected chi connectivity index (χ0v) is 7.15. The molecule has 1 fully saturated rings. The first kappa shape index (κ1) is 10.8. The number of carbonyl (C=O) groups excluding carboxylic acids is 1. The van der Waals surface area contributed by atoms with Crippen molar-refractivity contribution < 1.29 is 34.5 Å². The van der Waals surface area contributed by atoms with Gasteiger partial charge in [0.05, 0.1) is 6.54 Å². The standard InChI is InChI=1S/C6H6N2O7/c9-3(10)2-1-7(5(12)13)4(11)8(2)6(14)15/h2H,1H2,(H,9,10)(H,12,13)(H,14,15). The highest BCUT2D eigenvalue weighted by atomic mass is 16.4. The second-order valence-corrected chi connectivity index (χ2v) is 2.68. The second-order valence-electron chi connectivity index (χ2n) is 2.68. The van der Waals surface area contributed by atoms with E-state index in [0.29, 0.717) is 0 Å². The maximum atomic E-state index is 11.1. The van der Waals surface area contributed by atoms with E-state index in [0.717, 1.165) is 0 Å². The molecule has 0 bridgehead atoms.